The van der Waals surface area contributed by atoms with E-state index in [2.05, 4.69) is 17.1 Å². The molecule has 0 bridgehead atoms. The van der Waals surface area contributed by atoms with Gasteiger partial charge in [-0.2, -0.15) is 0 Å². The van der Waals surface area contributed by atoms with Gasteiger partial charge in [0.1, 0.15) is 0 Å². The number of nitrogens with one attached hydrogen (secondary N) is 1. The van der Waals surface area contributed by atoms with E-state index < -0.39 is 9.84 Å². The molecule has 5 heteroatoms. The van der Waals surface area contributed by atoms with E-state index in [1.165, 1.54) is 12.8 Å². The van der Waals surface area contributed by atoms with E-state index in [4.69, 9.17) is 0 Å². The summed E-state index contributed by atoms with van der Waals surface area (Å²) in [4.78, 5) is 2.36. The Balaban J connectivity index is 1.90. The zero-order valence-electron chi connectivity index (χ0n) is 9.98. The maximum atomic E-state index is 11.5. The average molecular weight is 246 g/mol. The van der Waals surface area contributed by atoms with Crippen molar-refractivity contribution in [2.45, 2.75) is 38.3 Å². The van der Waals surface area contributed by atoms with Gasteiger partial charge in [0.05, 0.1) is 11.5 Å². The van der Waals surface area contributed by atoms with Crippen molar-refractivity contribution in [3.05, 3.63) is 0 Å². The molecule has 16 heavy (non-hydrogen) atoms. The van der Waals surface area contributed by atoms with Gasteiger partial charge < -0.3 is 5.32 Å². The van der Waals surface area contributed by atoms with Crippen molar-refractivity contribution in [1.29, 1.82) is 0 Å². The molecule has 2 heterocycles. The van der Waals surface area contributed by atoms with Gasteiger partial charge in [-0.15, -0.1) is 0 Å². The Morgan fingerprint density at radius 3 is 2.69 bits per heavy atom. The molecule has 1 N–H and O–H groups in total. The van der Waals surface area contributed by atoms with Crippen LogP contribution in [-0.2, 0) is 9.84 Å². The zero-order chi connectivity index (χ0) is 11.6. The molecule has 2 aliphatic rings. The van der Waals surface area contributed by atoms with E-state index in [0.29, 0.717) is 23.6 Å². The van der Waals surface area contributed by atoms with Crippen LogP contribution in [0, 0.1) is 0 Å². The van der Waals surface area contributed by atoms with Crippen LogP contribution in [0.25, 0.3) is 0 Å². The van der Waals surface area contributed by atoms with Crippen LogP contribution in [0.15, 0.2) is 0 Å². The third-order valence-electron chi connectivity index (χ3n) is 3.74. The predicted molar refractivity (Wildman–Crippen MR) is 65.3 cm³/mol. The second-order valence-electron chi connectivity index (χ2n) is 5.08. The molecule has 2 fully saturated rings. The molecule has 0 radical (unpaired) electrons. The Bertz CT molecular complexity index is 321. The third-order valence-corrected chi connectivity index (χ3v) is 5.46. The highest BCUT2D eigenvalue weighted by atomic mass is 32.2. The number of hydrogen-bond donors (Lipinski definition) is 1. The fraction of sp³-hybridized carbons (Fsp3) is 1.00. The molecular formula is C11H22N2O2S. The monoisotopic (exact) mass is 246 g/mol. The second-order valence-corrected chi connectivity index (χ2v) is 7.39. The SMILES string of the molecule is CC1CCC(N2CCCS(=O)(=O)CC2)CN1. The average Bonchev–Trinajstić information content (AvgIpc) is 2.41. The number of rotatable bonds is 1. The Kier molecular flexibility index (Phi) is 3.87. The molecule has 0 saturated carbocycles. The summed E-state index contributed by atoms with van der Waals surface area (Å²) in [7, 11) is -2.76. The van der Waals surface area contributed by atoms with Crippen LogP contribution >= 0.6 is 0 Å². The Morgan fingerprint density at radius 1 is 1.19 bits per heavy atom. The number of piperidine rings is 1. The number of nitrogens with zero attached hydrogens (tertiary/aromatic N) is 1. The Labute approximate surface area is 98.3 Å². The highest BCUT2D eigenvalue weighted by Gasteiger charge is 2.27. The van der Waals surface area contributed by atoms with Gasteiger partial charge in [0.2, 0.25) is 0 Å². The summed E-state index contributed by atoms with van der Waals surface area (Å²) in [5.74, 6) is 0.721. The van der Waals surface area contributed by atoms with Crippen LogP contribution < -0.4 is 5.32 Å². The Morgan fingerprint density at radius 2 is 2.00 bits per heavy atom. The van der Waals surface area contributed by atoms with Crippen molar-refractivity contribution in [1.82, 2.24) is 10.2 Å². The van der Waals surface area contributed by atoms with Gasteiger partial charge >= 0.3 is 0 Å². The molecule has 94 valence electrons. The van der Waals surface area contributed by atoms with E-state index in [0.717, 1.165) is 26.1 Å². The first-order valence-electron chi connectivity index (χ1n) is 6.25. The lowest BCUT2D eigenvalue weighted by molar-refractivity contribution is 0.165. The summed E-state index contributed by atoms with van der Waals surface area (Å²) in [5.41, 5.74) is 0. The minimum atomic E-state index is -2.76. The summed E-state index contributed by atoms with van der Waals surface area (Å²) >= 11 is 0. The molecule has 0 aromatic carbocycles. The predicted octanol–water partition coefficient (Wildman–Crippen LogP) is 0.247. The van der Waals surface area contributed by atoms with Gasteiger partial charge in [-0.05, 0) is 32.7 Å². The molecule has 2 aliphatic heterocycles. The fourth-order valence-electron chi connectivity index (χ4n) is 2.62. The summed E-state index contributed by atoms with van der Waals surface area (Å²) in [6.07, 6.45) is 3.20. The van der Waals surface area contributed by atoms with Gasteiger partial charge in [0, 0.05) is 25.2 Å². The summed E-state index contributed by atoms with van der Waals surface area (Å²) in [6.45, 7) is 4.90. The largest absolute Gasteiger partial charge is 0.313 e. The molecule has 2 rings (SSSR count). The molecule has 0 aromatic heterocycles. The Hall–Kier alpha value is -0.130. The van der Waals surface area contributed by atoms with Crippen molar-refractivity contribution in [2.75, 3.05) is 31.1 Å². The van der Waals surface area contributed by atoms with Crippen LogP contribution in [0.1, 0.15) is 26.2 Å². The van der Waals surface area contributed by atoms with Gasteiger partial charge in [0.25, 0.3) is 0 Å². The van der Waals surface area contributed by atoms with Crippen molar-refractivity contribution in [3.63, 3.8) is 0 Å². The molecule has 0 amide bonds. The molecule has 2 atom stereocenters. The number of sulfone groups is 1. The molecule has 4 nitrogen and oxygen atoms in total. The normalized spacial score (nSPS) is 36.8. The first-order valence-corrected chi connectivity index (χ1v) is 8.07. The molecule has 0 spiro atoms. The minimum Gasteiger partial charge on any atom is -0.313 e. The number of hydrogen-bond acceptors (Lipinski definition) is 4. The van der Waals surface area contributed by atoms with Crippen molar-refractivity contribution >= 4 is 9.84 Å². The quantitative estimate of drug-likeness (QED) is 0.720. The lowest BCUT2D eigenvalue weighted by Gasteiger charge is -2.35. The van der Waals surface area contributed by atoms with E-state index in [9.17, 15) is 8.42 Å². The summed E-state index contributed by atoms with van der Waals surface area (Å²) in [5, 5.41) is 3.48. The molecular weight excluding hydrogens is 224 g/mol. The molecule has 0 aromatic rings. The first-order chi connectivity index (χ1) is 7.57. The van der Waals surface area contributed by atoms with Crippen LogP contribution in [0.4, 0.5) is 0 Å². The van der Waals surface area contributed by atoms with Crippen LogP contribution in [-0.4, -0.2) is 56.5 Å². The first kappa shape index (κ1) is 12.3. The second kappa shape index (κ2) is 5.02. The third kappa shape index (κ3) is 3.18. The fourth-order valence-corrected chi connectivity index (χ4v) is 3.90. The lowest BCUT2D eigenvalue weighted by atomic mass is 10.0. The van der Waals surface area contributed by atoms with Crippen LogP contribution in [0.5, 0.6) is 0 Å². The summed E-state index contributed by atoms with van der Waals surface area (Å²) in [6, 6.07) is 1.16. The van der Waals surface area contributed by atoms with E-state index in [1.54, 1.807) is 0 Å². The highest BCUT2D eigenvalue weighted by molar-refractivity contribution is 7.91. The van der Waals surface area contributed by atoms with Crippen LogP contribution in [0.2, 0.25) is 0 Å². The highest BCUT2D eigenvalue weighted by Crippen LogP contribution is 2.16. The maximum Gasteiger partial charge on any atom is 0.151 e. The van der Waals surface area contributed by atoms with E-state index in [-0.39, 0.29) is 0 Å². The van der Waals surface area contributed by atoms with Crippen molar-refractivity contribution in [2.24, 2.45) is 0 Å². The van der Waals surface area contributed by atoms with Crippen LogP contribution in [0.3, 0.4) is 0 Å². The standard InChI is InChI=1S/C11H22N2O2S/c1-10-3-4-11(9-12-10)13-5-2-7-16(14,15)8-6-13/h10-12H,2-9H2,1H3. The van der Waals surface area contributed by atoms with E-state index in [1.807, 2.05) is 0 Å². The topological polar surface area (TPSA) is 49.4 Å². The van der Waals surface area contributed by atoms with Crippen molar-refractivity contribution in [3.8, 4) is 0 Å². The zero-order valence-corrected chi connectivity index (χ0v) is 10.8. The van der Waals surface area contributed by atoms with Gasteiger partial charge in [0.15, 0.2) is 9.84 Å². The smallest absolute Gasteiger partial charge is 0.151 e. The van der Waals surface area contributed by atoms with Gasteiger partial charge in [-0.1, -0.05) is 0 Å². The van der Waals surface area contributed by atoms with E-state index >= 15 is 0 Å². The lowest BCUT2D eigenvalue weighted by Crippen LogP contribution is -2.49. The molecule has 0 aliphatic carbocycles. The van der Waals surface area contributed by atoms with Gasteiger partial charge in [-0.25, -0.2) is 8.42 Å². The molecule has 2 unspecified atom stereocenters. The van der Waals surface area contributed by atoms with Crippen molar-refractivity contribution < 1.29 is 8.42 Å². The maximum absolute atomic E-state index is 11.5. The minimum absolute atomic E-state index is 0.346. The van der Waals surface area contributed by atoms with Gasteiger partial charge in [-0.3, -0.25) is 4.90 Å². The summed E-state index contributed by atoms with van der Waals surface area (Å²) < 4.78 is 23.0. The molecule has 2 saturated heterocycles.